The normalized spacial score (nSPS) is 13.5. The molecule has 0 amide bonds. The number of hydrogen-bond acceptors (Lipinski definition) is 2. The minimum Gasteiger partial charge on any atom is -0.456 e. The lowest BCUT2D eigenvalue weighted by atomic mass is 9.81. The Morgan fingerprint density at radius 1 is 0.444 bits per heavy atom. The summed E-state index contributed by atoms with van der Waals surface area (Å²) in [6.45, 7) is 0. The standard InChI is InChI=1S/C52H41NO/c1-4-15-36(16-5-1)43-25-14-26-44(37-17-6-2-7-18-37)51(43)40-29-31-41(32-30-40)53(42-33-34-47-46-23-10-11-28-49(46)54-50(47)35-42)48-27-13-22-39-21-12-24-45(52(39)48)38-19-8-3-9-20-38/h1-2,4-7,10-18,21-35,38H,3,8-9,19-20H2. The summed E-state index contributed by atoms with van der Waals surface area (Å²) in [5, 5.41) is 4.91. The van der Waals surface area contributed by atoms with Gasteiger partial charge in [-0.2, -0.15) is 0 Å². The van der Waals surface area contributed by atoms with Gasteiger partial charge >= 0.3 is 0 Å². The zero-order valence-corrected chi connectivity index (χ0v) is 30.3. The smallest absolute Gasteiger partial charge is 0.137 e. The molecule has 1 saturated carbocycles. The van der Waals surface area contributed by atoms with Gasteiger partial charge in [0, 0.05) is 33.6 Å². The predicted molar refractivity (Wildman–Crippen MR) is 228 cm³/mol. The summed E-state index contributed by atoms with van der Waals surface area (Å²) < 4.78 is 6.48. The molecular weight excluding hydrogens is 655 g/mol. The third-order valence-electron chi connectivity index (χ3n) is 11.5. The average molecular weight is 696 g/mol. The molecule has 0 atom stereocenters. The molecular formula is C52H41NO. The van der Waals surface area contributed by atoms with Gasteiger partial charge in [-0.15, -0.1) is 0 Å². The van der Waals surface area contributed by atoms with Gasteiger partial charge in [-0.3, -0.25) is 0 Å². The second-order valence-corrected chi connectivity index (χ2v) is 14.7. The van der Waals surface area contributed by atoms with Crippen molar-refractivity contribution in [3.63, 3.8) is 0 Å². The zero-order valence-electron chi connectivity index (χ0n) is 30.3. The molecule has 1 fully saturated rings. The minimum absolute atomic E-state index is 0.566. The van der Waals surface area contributed by atoms with Crippen LogP contribution in [0.25, 0.3) is 66.1 Å². The van der Waals surface area contributed by atoms with E-state index in [1.165, 1.54) is 87.5 Å². The van der Waals surface area contributed by atoms with Crippen molar-refractivity contribution in [1.82, 2.24) is 0 Å². The van der Waals surface area contributed by atoms with Gasteiger partial charge in [-0.25, -0.2) is 0 Å². The van der Waals surface area contributed by atoms with E-state index in [-0.39, 0.29) is 0 Å². The molecule has 1 heterocycles. The summed E-state index contributed by atoms with van der Waals surface area (Å²) in [7, 11) is 0. The fourth-order valence-corrected chi connectivity index (χ4v) is 8.93. The van der Waals surface area contributed by atoms with Crippen molar-refractivity contribution in [2.45, 2.75) is 38.0 Å². The van der Waals surface area contributed by atoms with Crippen molar-refractivity contribution < 1.29 is 4.42 Å². The van der Waals surface area contributed by atoms with E-state index in [1.54, 1.807) is 0 Å². The fraction of sp³-hybridized carbons (Fsp3) is 0.115. The largest absolute Gasteiger partial charge is 0.456 e. The van der Waals surface area contributed by atoms with Gasteiger partial charge < -0.3 is 9.32 Å². The van der Waals surface area contributed by atoms with Crippen molar-refractivity contribution in [3.05, 3.63) is 188 Å². The first-order valence-electron chi connectivity index (χ1n) is 19.4. The van der Waals surface area contributed by atoms with Crippen LogP contribution in [0.4, 0.5) is 17.1 Å². The number of anilines is 3. The van der Waals surface area contributed by atoms with Gasteiger partial charge in [-0.05, 0) is 99.5 Å². The van der Waals surface area contributed by atoms with Gasteiger partial charge in [-0.1, -0.05) is 159 Å². The van der Waals surface area contributed by atoms with Crippen LogP contribution in [0.1, 0.15) is 43.6 Å². The fourth-order valence-electron chi connectivity index (χ4n) is 8.93. The second kappa shape index (κ2) is 13.9. The first kappa shape index (κ1) is 32.3. The van der Waals surface area contributed by atoms with Crippen LogP contribution in [0.15, 0.2) is 186 Å². The lowest BCUT2D eigenvalue weighted by molar-refractivity contribution is 0.445. The lowest BCUT2D eigenvalue weighted by Crippen LogP contribution is -2.12. The summed E-state index contributed by atoms with van der Waals surface area (Å²) in [4.78, 5) is 2.45. The molecule has 0 bridgehead atoms. The molecule has 0 unspecified atom stereocenters. The number of nitrogens with zero attached hydrogens (tertiary/aromatic N) is 1. The zero-order chi connectivity index (χ0) is 35.8. The minimum atomic E-state index is 0.566. The van der Waals surface area contributed by atoms with Crippen LogP contribution < -0.4 is 4.90 Å². The highest BCUT2D eigenvalue weighted by Crippen LogP contribution is 2.47. The molecule has 2 nitrogen and oxygen atoms in total. The Kier molecular flexibility index (Phi) is 8.30. The van der Waals surface area contributed by atoms with Crippen molar-refractivity contribution in [2.24, 2.45) is 0 Å². The highest BCUT2D eigenvalue weighted by Gasteiger charge is 2.24. The molecule has 9 aromatic rings. The Balaban J connectivity index is 1.18. The maximum absolute atomic E-state index is 6.48. The molecule has 1 aromatic heterocycles. The van der Waals surface area contributed by atoms with Crippen molar-refractivity contribution in [2.75, 3.05) is 4.90 Å². The molecule has 54 heavy (non-hydrogen) atoms. The number of hydrogen-bond donors (Lipinski definition) is 0. The Morgan fingerprint density at radius 2 is 1.06 bits per heavy atom. The van der Waals surface area contributed by atoms with Gasteiger partial charge in [0.2, 0.25) is 0 Å². The molecule has 1 aliphatic carbocycles. The Labute approximate surface area is 316 Å². The van der Waals surface area contributed by atoms with E-state index < -0.39 is 0 Å². The molecule has 0 radical (unpaired) electrons. The average Bonchev–Trinajstić information content (AvgIpc) is 3.62. The summed E-state index contributed by atoms with van der Waals surface area (Å²) in [5.74, 6) is 0.566. The summed E-state index contributed by atoms with van der Waals surface area (Å²) in [6.07, 6.45) is 6.43. The van der Waals surface area contributed by atoms with E-state index in [1.807, 2.05) is 6.07 Å². The molecule has 0 aliphatic heterocycles. The SMILES string of the molecule is c1ccc(-c2cccc(-c3ccccc3)c2-c2ccc(N(c3ccc4c(c3)oc3ccccc34)c3cccc4cccc(C5CCCCC5)c34)cc2)cc1. The van der Waals surface area contributed by atoms with Crippen LogP contribution in [0.5, 0.6) is 0 Å². The van der Waals surface area contributed by atoms with E-state index >= 15 is 0 Å². The number of para-hydroxylation sites is 1. The van der Waals surface area contributed by atoms with Crippen LogP contribution in [0.2, 0.25) is 0 Å². The first-order chi connectivity index (χ1) is 26.8. The first-order valence-corrected chi connectivity index (χ1v) is 19.4. The van der Waals surface area contributed by atoms with Gasteiger partial charge in [0.25, 0.3) is 0 Å². The molecule has 0 N–H and O–H groups in total. The number of furan rings is 1. The number of rotatable bonds is 7. The molecule has 0 spiro atoms. The maximum Gasteiger partial charge on any atom is 0.137 e. The highest BCUT2D eigenvalue weighted by molar-refractivity contribution is 6.07. The molecule has 0 saturated heterocycles. The lowest BCUT2D eigenvalue weighted by Gasteiger charge is -2.30. The quantitative estimate of drug-likeness (QED) is 0.165. The third kappa shape index (κ3) is 5.76. The van der Waals surface area contributed by atoms with Gasteiger partial charge in [0.05, 0.1) is 5.69 Å². The summed E-state index contributed by atoms with van der Waals surface area (Å²) >= 11 is 0. The van der Waals surface area contributed by atoms with E-state index in [4.69, 9.17) is 4.42 Å². The van der Waals surface area contributed by atoms with Crippen molar-refractivity contribution in [3.8, 4) is 33.4 Å². The monoisotopic (exact) mass is 695 g/mol. The van der Waals surface area contributed by atoms with Crippen molar-refractivity contribution in [1.29, 1.82) is 0 Å². The topological polar surface area (TPSA) is 16.4 Å². The van der Waals surface area contributed by atoms with Crippen LogP contribution in [-0.2, 0) is 0 Å². The molecule has 1 aliphatic rings. The van der Waals surface area contributed by atoms with Gasteiger partial charge in [0.1, 0.15) is 11.2 Å². The molecule has 8 aromatic carbocycles. The summed E-state index contributed by atoms with van der Waals surface area (Å²) in [5.41, 5.74) is 14.0. The van der Waals surface area contributed by atoms with E-state index in [9.17, 15) is 0 Å². The Bertz CT molecular complexity index is 2670. The number of benzene rings is 8. The molecule has 2 heteroatoms. The molecule has 260 valence electrons. The maximum atomic E-state index is 6.48. The Hall–Kier alpha value is -6.38. The number of fused-ring (bicyclic) bond motifs is 4. The van der Waals surface area contributed by atoms with Gasteiger partial charge in [0.15, 0.2) is 0 Å². The molecule has 10 rings (SSSR count). The summed E-state index contributed by atoms with van der Waals surface area (Å²) in [6, 6.07) is 66.2. The van der Waals surface area contributed by atoms with Crippen LogP contribution in [-0.4, -0.2) is 0 Å². The van der Waals surface area contributed by atoms with E-state index in [2.05, 4.69) is 181 Å². The van der Waals surface area contributed by atoms with Crippen LogP contribution in [0.3, 0.4) is 0 Å². The predicted octanol–water partition coefficient (Wildman–Crippen LogP) is 15.3. The third-order valence-corrected chi connectivity index (χ3v) is 11.5. The van der Waals surface area contributed by atoms with Crippen LogP contribution >= 0.6 is 0 Å². The van der Waals surface area contributed by atoms with Crippen molar-refractivity contribution >= 4 is 49.8 Å². The Morgan fingerprint density at radius 3 is 1.78 bits per heavy atom. The van der Waals surface area contributed by atoms with Crippen LogP contribution in [0, 0.1) is 0 Å². The van der Waals surface area contributed by atoms with E-state index in [0.29, 0.717) is 5.92 Å². The second-order valence-electron chi connectivity index (χ2n) is 14.7. The van der Waals surface area contributed by atoms with E-state index in [0.717, 1.165) is 33.3 Å². The highest BCUT2D eigenvalue weighted by atomic mass is 16.3.